The quantitative estimate of drug-likeness (QED) is 0.829. The highest BCUT2D eigenvalue weighted by Crippen LogP contribution is 2.18. The number of hydrogen-bond acceptors (Lipinski definition) is 4. The van der Waals surface area contributed by atoms with E-state index in [1.54, 1.807) is 35.2 Å². The van der Waals surface area contributed by atoms with Crippen LogP contribution in [-0.2, 0) is 19.6 Å². The summed E-state index contributed by atoms with van der Waals surface area (Å²) in [6.45, 7) is 6.24. The van der Waals surface area contributed by atoms with E-state index in [1.165, 1.54) is 11.2 Å². The maximum atomic E-state index is 12.6. The molecule has 25 heavy (non-hydrogen) atoms. The third-order valence-corrected chi connectivity index (χ3v) is 6.14. The second-order valence-corrected chi connectivity index (χ2v) is 8.40. The second kappa shape index (κ2) is 7.97. The van der Waals surface area contributed by atoms with Crippen molar-refractivity contribution in [1.29, 1.82) is 0 Å². The van der Waals surface area contributed by atoms with Gasteiger partial charge in [-0.3, -0.25) is 9.59 Å². The number of nitrogens with one attached hydrogen (secondary N) is 1. The molecule has 1 saturated heterocycles. The highest BCUT2D eigenvalue weighted by Gasteiger charge is 2.33. The third-order valence-electron chi connectivity index (χ3n) is 4.22. The highest BCUT2D eigenvalue weighted by molar-refractivity contribution is 7.89. The fraction of sp³-hybridized carbons (Fsp3) is 0.529. The molecule has 0 spiro atoms. The number of rotatable bonds is 5. The molecular formula is C17H25N3O4S. The minimum atomic E-state index is -3.54. The van der Waals surface area contributed by atoms with Gasteiger partial charge in [-0.05, 0) is 18.1 Å². The molecule has 2 amide bonds. The van der Waals surface area contributed by atoms with Gasteiger partial charge in [-0.1, -0.05) is 32.0 Å². The summed E-state index contributed by atoms with van der Waals surface area (Å²) in [6, 6.07) is 7.69. The molecule has 1 aliphatic heterocycles. The van der Waals surface area contributed by atoms with Crippen molar-refractivity contribution in [2.45, 2.75) is 31.7 Å². The number of piperazine rings is 1. The zero-order valence-electron chi connectivity index (χ0n) is 14.8. The number of nitrogens with zero attached hydrogens (tertiary/aromatic N) is 2. The summed E-state index contributed by atoms with van der Waals surface area (Å²) in [4.78, 5) is 25.8. The normalized spacial score (nSPS) is 17.4. The van der Waals surface area contributed by atoms with Crippen LogP contribution < -0.4 is 5.32 Å². The fourth-order valence-corrected chi connectivity index (χ4v) is 4.26. The Morgan fingerprint density at radius 1 is 1.04 bits per heavy atom. The predicted molar refractivity (Wildman–Crippen MR) is 94.2 cm³/mol. The average molecular weight is 367 g/mol. The van der Waals surface area contributed by atoms with Gasteiger partial charge in [0.25, 0.3) is 0 Å². The van der Waals surface area contributed by atoms with E-state index in [0.29, 0.717) is 13.1 Å². The van der Waals surface area contributed by atoms with E-state index in [9.17, 15) is 18.0 Å². The van der Waals surface area contributed by atoms with Crippen molar-refractivity contribution in [3.8, 4) is 0 Å². The third kappa shape index (κ3) is 4.58. The smallest absolute Gasteiger partial charge is 0.245 e. The summed E-state index contributed by atoms with van der Waals surface area (Å²) in [7, 11) is -3.54. The Bertz CT molecular complexity index is 711. The highest BCUT2D eigenvalue weighted by atomic mass is 32.2. The lowest BCUT2D eigenvalue weighted by atomic mass is 10.0. The Morgan fingerprint density at radius 3 is 2.08 bits per heavy atom. The van der Waals surface area contributed by atoms with Crippen molar-refractivity contribution in [2.75, 3.05) is 26.2 Å². The fourth-order valence-electron chi connectivity index (χ4n) is 2.82. The first kappa shape index (κ1) is 19.4. The minimum absolute atomic E-state index is 0.0394. The van der Waals surface area contributed by atoms with Gasteiger partial charge in [0.05, 0.1) is 4.90 Å². The van der Waals surface area contributed by atoms with E-state index in [-0.39, 0.29) is 35.7 Å². The van der Waals surface area contributed by atoms with E-state index in [0.717, 1.165) is 0 Å². The summed E-state index contributed by atoms with van der Waals surface area (Å²) in [5.41, 5.74) is 0. The second-order valence-electron chi connectivity index (χ2n) is 6.46. The van der Waals surface area contributed by atoms with Crippen LogP contribution in [0.4, 0.5) is 0 Å². The SMILES string of the molecule is CC(=O)N[C@@H](C(=O)N1CCN(S(=O)(=O)c2ccccc2)CC1)C(C)C. The molecule has 0 bridgehead atoms. The molecule has 1 heterocycles. The van der Waals surface area contributed by atoms with E-state index in [4.69, 9.17) is 0 Å². The van der Waals surface area contributed by atoms with E-state index in [2.05, 4.69) is 5.32 Å². The van der Waals surface area contributed by atoms with Crippen LogP contribution in [0.1, 0.15) is 20.8 Å². The number of benzene rings is 1. The molecule has 1 fully saturated rings. The summed E-state index contributed by atoms with van der Waals surface area (Å²) >= 11 is 0. The number of hydrogen-bond donors (Lipinski definition) is 1. The largest absolute Gasteiger partial charge is 0.344 e. The van der Waals surface area contributed by atoms with Crippen molar-refractivity contribution in [1.82, 2.24) is 14.5 Å². The number of sulfonamides is 1. The van der Waals surface area contributed by atoms with Crippen LogP contribution in [-0.4, -0.2) is 61.7 Å². The minimum Gasteiger partial charge on any atom is -0.344 e. The van der Waals surface area contributed by atoms with Crippen LogP contribution in [0.5, 0.6) is 0 Å². The van der Waals surface area contributed by atoms with Crippen LogP contribution in [0, 0.1) is 5.92 Å². The van der Waals surface area contributed by atoms with Crippen LogP contribution in [0.3, 0.4) is 0 Å². The number of carbonyl (C=O) groups is 2. The lowest BCUT2D eigenvalue weighted by Gasteiger charge is -2.36. The first-order chi connectivity index (χ1) is 11.7. The Balaban J connectivity index is 2.03. The molecule has 0 aromatic heterocycles. The molecule has 138 valence electrons. The molecule has 1 aromatic carbocycles. The van der Waals surface area contributed by atoms with Gasteiger partial charge < -0.3 is 10.2 Å². The maximum absolute atomic E-state index is 12.6. The molecule has 0 aliphatic carbocycles. The predicted octanol–water partition coefficient (Wildman–Crippen LogP) is 0.680. The van der Waals surface area contributed by atoms with Gasteiger partial charge in [0.15, 0.2) is 0 Å². The maximum Gasteiger partial charge on any atom is 0.245 e. The lowest BCUT2D eigenvalue weighted by molar-refractivity contribution is -0.138. The molecule has 0 unspecified atom stereocenters. The monoisotopic (exact) mass is 367 g/mol. The lowest BCUT2D eigenvalue weighted by Crippen LogP contribution is -2.56. The first-order valence-corrected chi connectivity index (χ1v) is 9.78. The van der Waals surface area contributed by atoms with Crippen LogP contribution in [0.15, 0.2) is 35.2 Å². The summed E-state index contributed by atoms with van der Waals surface area (Å²) < 4.78 is 26.6. The van der Waals surface area contributed by atoms with Crippen molar-refractivity contribution in [3.05, 3.63) is 30.3 Å². The van der Waals surface area contributed by atoms with Crippen molar-refractivity contribution >= 4 is 21.8 Å². The van der Waals surface area contributed by atoms with E-state index >= 15 is 0 Å². The molecule has 0 saturated carbocycles. The average Bonchev–Trinajstić information content (AvgIpc) is 2.59. The van der Waals surface area contributed by atoms with Crippen LogP contribution in [0.2, 0.25) is 0 Å². The van der Waals surface area contributed by atoms with Crippen LogP contribution >= 0.6 is 0 Å². The number of carbonyl (C=O) groups excluding carboxylic acids is 2. The van der Waals surface area contributed by atoms with Gasteiger partial charge >= 0.3 is 0 Å². The number of amides is 2. The van der Waals surface area contributed by atoms with Crippen molar-refractivity contribution < 1.29 is 18.0 Å². The zero-order valence-corrected chi connectivity index (χ0v) is 15.6. The van der Waals surface area contributed by atoms with Gasteiger partial charge in [-0.25, -0.2) is 8.42 Å². The van der Waals surface area contributed by atoms with Crippen LogP contribution in [0.25, 0.3) is 0 Å². The molecule has 1 atom stereocenters. The molecule has 0 radical (unpaired) electrons. The molecule has 1 N–H and O–H groups in total. The first-order valence-electron chi connectivity index (χ1n) is 8.34. The van der Waals surface area contributed by atoms with Gasteiger partial charge in [-0.15, -0.1) is 0 Å². The summed E-state index contributed by atoms with van der Waals surface area (Å²) in [6.07, 6.45) is 0. The van der Waals surface area contributed by atoms with Gasteiger partial charge in [-0.2, -0.15) is 4.31 Å². The van der Waals surface area contributed by atoms with E-state index in [1.807, 2.05) is 13.8 Å². The summed E-state index contributed by atoms with van der Waals surface area (Å²) in [5.74, 6) is -0.457. The standard InChI is InChI=1S/C17H25N3O4S/c1-13(2)16(18-14(3)21)17(22)19-9-11-20(12-10-19)25(23,24)15-7-5-4-6-8-15/h4-8,13,16H,9-12H2,1-3H3,(H,18,21)/t16-/m1/s1. The Kier molecular flexibility index (Phi) is 6.18. The summed E-state index contributed by atoms with van der Waals surface area (Å²) in [5, 5.41) is 2.68. The zero-order chi connectivity index (χ0) is 18.6. The van der Waals surface area contributed by atoms with Gasteiger partial charge in [0, 0.05) is 33.1 Å². The van der Waals surface area contributed by atoms with Crippen molar-refractivity contribution in [3.63, 3.8) is 0 Å². The van der Waals surface area contributed by atoms with Crippen molar-refractivity contribution in [2.24, 2.45) is 5.92 Å². The molecule has 2 rings (SSSR count). The Labute approximate surface area is 149 Å². The molecule has 1 aliphatic rings. The van der Waals surface area contributed by atoms with Gasteiger partial charge in [0.1, 0.15) is 6.04 Å². The Hall–Kier alpha value is -1.93. The molecular weight excluding hydrogens is 342 g/mol. The van der Waals surface area contributed by atoms with E-state index < -0.39 is 16.1 Å². The molecule has 8 heteroatoms. The molecule has 7 nitrogen and oxygen atoms in total. The Morgan fingerprint density at radius 2 is 1.60 bits per heavy atom. The molecule has 1 aromatic rings. The van der Waals surface area contributed by atoms with Gasteiger partial charge in [0.2, 0.25) is 21.8 Å². The topological polar surface area (TPSA) is 86.8 Å².